The lowest BCUT2D eigenvalue weighted by Gasteiger charge is -1.96. The van der Waals surface area contributed by atoms with Gasteiger partial charge in [-0.2, -0.15) is 5.10 Å². The van der Waals surface area contributed by atoms with Crippen LogP contribution in [0.1, 0.15) is 22.8 Å². The molecule has 1 aromatic carbocycles. The highest BCUT2D eigenvalue weighted by Gasteiger charge is 2.02. The van der Waals surface area contributed by atoms with Gasteiger partial charge in [-0.3, -0.25) is 10.1 Å². The second-order valence-corrected chi connectivity index (χ2v) is 5.38. The molecule has 0 fully saturated rings. The van der Waals surface area contributed by atoms with Gasteiger partial charge in [0.15, 0.2) is 5.82 Å². The van der Waals surface area contributed by atoms with Crippen molar-refractivity contribution in [3.05, 3.63) is 77.6 Å². The van der Waals surface area contributed by atoms with E-state index in [2.05, 4.69) is 25.2 Å². The summed E-state index contributed by atoms with van der Waals surface area (Å²) in [4.78, 5) is 12.8. The first-order chi connectivity index (χ1) is 11.7. The zero-order chi connectivity index (χ0) is 16.8. The Kier molecular flexibility index (Phi) is 4.76. The molecule has 6 nitrogen and oxygen atoms in total. The third kappa shape index (κ3) is 4.36. The minimum Gasteiger partial charge on any atom is -0.384 e. The number of benzene rings is 1. The molecule has 0 radical (unpaired) electrons. The highest BCUT2D eigenvalue weighted by Crippen LogP contribution is 2.13. The number of aromatic amines is 1. The van der Waals surface area contributed by atoms with Crippen LogP contribution in [-0.4, -0.2) is 26.0 Å². The van der Waals surface area contributed by atoms with Gasteiger partial charge >= 0.3 is 0 Å². The number of aromatic nitrogens is 4. The van der Waals surface area contributed by atoms with Crippen molar-refractivity contribution in [2.24, 2.45) is 10.7 Å². The minimum absolute atomic E-state index is 0.404. The van der Waals surface area contributed by atoms with Crippen LogP contribution in [0.3, 0.4) is 0 Å². The van der Waals surface area contributed by atoms with E-state index in [1.165, 1.54) is 0 Å². The molecule has 24 heavy (non-hydrogen) atoms. The van der Waals surface area contributed by atoms with Crippen molar-refractivity contribution in [3.63, 3.8) is 0 Å². The van der Waals surface area contributed by atoms with E-state index in [1.807, 2.05) is 43.3 Å². The lowest BCUT2D eigenvalue weighted by molar-refractivity contribution is 0.969. The molecule has 0 atom stereocenters. The predicted octanol–water partition coefficient (Wildman–Crippen LogP) is 2.80. The lowest BCUT2D eigenvalue weighted by Crippen LogP contribution is -2.06. The summed E-state index contributed by atoms with van der Waals surface area (Å²) in [5.74, 6) is 1.76. The van der Waals surface area contributed by atoms with Crippen LogP contribution in [0.2, 0.25) is 0 Å². The van der Waals surface area contributed by atoms with Crippen molar-refractivity contribution in [1.82, 2.24) is 20.2 Å². The lowest BCUT2D eigenvalue weighted by atomic mass is 10.2. The maximum atomic E-state index is 5.92. The average molecular weight is 318 g/mol. The van der Waals surface area contributed by atoms with Crippen molar-refractivity contribution in [2.75, 3.05) is 0 Å². The van der Waals surface area contributed by atoms with Crippen molar-refractivity contribution in [1.29, 1.82) is 0 Å². The number of nitrogens with two attached hydrogens (primary N) is 1. The number of nitrogens with zero attached hydrogens (tertiary/aromatic N) is 4. The molecule has 2 heterocycles. The molecule has 0 aliphatic carbocycles. The monoisotopic (exact) mass is 318 g/mol. The summed E-state index contributed by atoms with van der Waals surface area (Å²) < 4.78 is 0. The first-order valence-electron chi connectivity index (χ1n) is 7.58. The largest absolute Gasteiger partial charge is 0.384 e. The molecular formula is C18H18N6. The first kappa shape index (κ1) is 15.6. The van der Waals surface area contributed by atoms with Crippen LogP contribution in [0, 0.1) is 6.92 Å². The van der Waals surface area contributed by atoms with E-state index in [-0.39, 0.29) is 0 Å². The molecule has 2 aromatic heterocycles. The highest BCUT2D eigenvalue weighted by atomic mass is 15.2. The Balaban J connectivity index is 1.66. The third-order valence-electron chi connectivity index (χ3n) is 3.33. The number of hydrogen-bond donors (Lipinski definition) is 2. The summed E-state index contributed by atoms with van der Waals surface area (Å²) >= 11 is 0. The van der Waals surface area contributed by atoms with Gasteiger partial charge in [0, 0.05) is 18.8 Å². The van der Waals surface area contributed by atoms with Gasteiger partial charge in [-0.15, -0.1) is 0 Å². The van der Waals surface area contributed by atoms with Gasteiger partial charge in [-0.05, 0) is 54.5 Å². The van der Waals surface area contributed by atoms with Gasteiger partial charge in [0.25, 0.3) is 0 Å². The summed E-state index contributed by atoms with van der Waals surface area (Å²) in [5, 5.41) is 7.08. The number of amidine groups is 1. The van der Waals surface area contributed by atoms with Crippen LogP contribution in [0.15, 0.2) is 59.9 Å². The number of aryl methyl sites for hydroxylation is 1. The van der Waals surface area contributed by atoms with Crippen molar-refractivity contribution >= 4 is 17.6 Å². The molecule has 0 unspecified atom stereocenters. The van der Waals surface area contributed by atoms with E-state index in [0.717, 1.165) is 22.6 Å². The topological polar surface area (TPSA) is 92.8 Å². The smallest absolute Gasteiger partial charge is 0.174 e. The number of pyridine rings is 1. The number of hydrogen-bond acceptors (Lipinski definition) is 4. The molecule has 0 aliphatic rings. The number of nitrogens with one attached hydrogen (secondary N) is 1. The number of H-pyrrole nitrogens is 1. The zero-order valence-electron chi connectivity index (χ0n) is 13.3. The Bertz CT molecular complexity index is 864. The van der Waals surface area contributed by atoms with Gasteiger partial charge in [0.05, 0.1) is 5.69 Å². The van der Waals surface area contributed by atoms with E-state index < -0.39 is 0 Å². The van der Waals surface area contributed by atoms with Gasteiger partial charge in [0.2, 0.25) is 0 Å². The average Bonchev–Trinajstić information content (AvgIpc) is 3.01. The second kappa shape index (κ2) is 7.32. The normalized spacial score (nSPS) is 12.0. The SMILES string of the molecule is Cc1cccc(N=C(N)/C=C\c2n[nH]c(Cc3ccncc3)n2)c1. The molecule has 3 aromatic rings. The van der Waals surface area contributed by atoms with Gasteiger partial charge < -0.3 is 5.73 Å². The summed E-state index contributed by atoms with van der Waals surface area (Å²) in [5.41, 5.74) is 9.01. The Morgan fingerprint density at radius 2 is 2.08 bits per heavy atom. The highest BCUT2D eigenvalue weighted by molar-refractivity contribution is 5.96. The predicted molar refractivity (Wildman–Crippen MR) is 94.9 cm³/mol. The number of rotatable bonds is 5. The van der Waals surface area contributed by atoms with Crippen LogP contribution >= 0.6 is 0 Å². The fraction of sp³-hybridized carbons (Fsp3) is 0.111. The summed E-state index contributed by atoms with van der Waals surface area (Å²) in [6, 6.07) is 11.7. The molecule has 6 heteroatoms. The molecule has 0 saturated heterocycles. The van der Waals surface area contributed by atoms with E-state index in [0.29, 0.717) is 18.1 Å². The Labute approximate surface area is 140 Å². The third-order valence-corrected chi connectivity index (χ3v) is 3.33. The van der Waals surface area contributed by atoms with Crippen LogP contribution in [0.4, 0.5) is 5.69 Å². The molecule has 120 valence electrons. The Morgan fingerprint density at radius 1 is 1.25 bits per heavy atom. The molecule has 0 saturated carbocycles. The van der Waals surface area contributed by atoms with Crippen molar-refractivity contribution in [3.8, 4) is 0 Å². The molecular weight excluding hydrogens is 300 g/mol. The summed E-state index contributed by atoms with van der Waals surface area (Å²) in [6.07, 6.45) is 7.63. The molecule has 0 amide bonds. The van der Waals surface area contributed by atoms with Gasteiger partial charge in [-0.1, -0.05) is 12.1 Å². The Morgan fingerprint density at radius 3 is 2.88 bits per heavy atom. The van der Waals surface area contributed by atoms with Crippen LogP contribution in [0.25, 0.3) is 6.08 Å². The van der Waals surface area contributed by atoms with Crippen molar-refractivity contribution < 1.29 is 0 Å². The standard InChI is InChI=1S/C18H18N6/c1-13-3-2-4-15(11-13)21-16(19)5-6-17-22-18(24-23-17)12-14-7-9-20-10-8-14/h2-11H,12H2,1H3,(H2,19,21)(H,22,23,24)/b6-5-. The van der Waals surface area contributed by atoms with Crippen LogP contribution in [-0.2, 0) is 6.42 Å². The van der Waals surface area contributed by atoms with Crippen molar-refractivity contribution in [2.45, 2.75) is 13.3 Å². The molecule has 0 bridgehead atoms. The fourth-order valence-electron chi connectivity index (χ4n) is 2.20. The van der Waals surface area contributed by atoms with E-state index in [9.17, 15) is 0 Å². The van der Waals surface area contributed by atoms with Crippen LogP contribution < -0.4 is 5.73 Å². The molecule has 3 rings (SSSR count). The van der Waals surface area contributed by atoms with E-state index >= 15 is 0 Å². The maximum absolute atomic E-state index is 5.92. The summed E-state index contributed by atoms with van der Waals surface area (Å²) in [6.45, 7) is 2.02. The molecule has 0 spiro atoms. The Hall–Kier alpha value is -3.28. The second-order valence-electron chi connectivity index (χ2n) is 5.38. The molecule has 0 aliphatic heterocycles. The minimum atomic E-state index is 0.404. The van der Waals surface area contributed by atoms with Gasteiger partial charge in [-0.25, -0.2) is 9.98 Å². The molecule has 3 N–H and O–H groups in total. The fourth-order valence-corrected chi connectivity index (χ4v) is 2.20. The summed E-state index contributed by atoms with van der Waals surface area (Å²) in [7, 11) is 0. The van der Waals surface area contributed by atoms with Gasteiger partial charge in [0.1, 0.15) is 11.7 Å². The quantitative estimate of drug-likeness (QED) is 0.559. The zero-order valence-corrected chi connectivity index (χ0v) is 13.3. The first-order valence-corrected chi connectivity index (χ1v) is 7.58. The van der Waals surface area contributed by atoms with E-state index in [1.54, 1.807) is 24.5 Å². The maximum Gasteiger partial charge on any atom is 0.174 e. The number of aliphatic imine (C=N–C) groups is 1. The van der Waals surface area contributed by atoms with Crippen LogP contribution in [0.5, 0.6) is 0 Å². The van der Waals surface area contributed by atoms with E-state index in [4.69, 9.17) is 5.73 Å².